The Balaban J connectivity index is 0. The molecule has 0 aliphatic carbocycles. The number of benzene rings is 1. The lowest BCUT2D eigenvalue weighted by molar-refractivity contribution is 0.192. The Morgan fingerprint density at radius 1 is 1.09 bits per heavy atom. The first-order chi connectivity index (χ1) is 9.24. The summed E-state index contributed by atoms with van der Waals surface area (Å²) in [6.07, 6.45) is 4.81. The number of likely N-dealkylation sites (tertiary alicyclic amines) is 1. The van der Waals surface area contributed by atoms with Crippen molar-refractivity contribution in [2.75, 3.05) is 19.6 Å². The van der Waals surface area contributed by atoms with E-state index in [1.54, 1.807) is 0 Å². The van der Waals surface area contributed by atoms with Crippen LogP contribution in [0.2, 0.25) is 0 Å². The van der Waals surface area contributed by atoms with Crippen molar-refractivity contribution in [1.82, 2.24) is 10.2 Å². The van der Waals surface area contributed by atoms with Crippen LogP contribution in [0.4, 0.5) is 0 Å². The van der Waals surface area contributed by atoms with E-state index in [4.69, 9.17) is 0 Å². The maximum atomic E-state index is 3.63. The molecular weight excluding hydrogens is 339 g/mol. The fourth-order valence-corrected chi connectivity index (χ4v) is 2.57. The molecule has 0 atom stereocenters. The number of rotatable bonds is 5. The van der Waals surface area contributed by atoms with Crippen molar-refractivity contribution in [1.29, 1.82) is 0 Å². The summed E-state index contributed by atoms with van der Waals surface area (Å²) >= 11 is 0. The zero-order valence-corrected chi connectivity index (χ0v) is 15.9. The minimum Gasteiger partial charge on any atom is -0.310 e. The molecular formula is C17H29Cl3N2. The lowest BCUT2D eigenvalue weighted by Crippen LogP contribution is -2.42. The standard InChI is InChI=1S/C17H26N2.3ClH/c1-15(2)8-11-18-17-9-12-19(13-10-17)14-16-6-4-3-5-7-16;;;/h3-8,17-18H,9-14H2,1-2H3;3*1H. The molecule has 0 bridgehead atoms. The lowest BCUT2D eigenvalue weighted by atomic mass is 10.0. The van der Waals surface area contributed by atoms with E-state index in [0.717, 1.165) is 13.1 Å². The molecule has 1 aromatic carbocycles. The SMILES string of the molecule is CC(C)=CCNC1CCN(Cc2ccccc2)CC1.Cl.Cl.Cl. The van der Waals surface area contributed by atoms with Gasteiger partial charge in [-0.3, -0.25) is 4.90 Å². The predicted octanol–water partition coefficient (Wildman–Crippen LogP) is 4.47. The van der Waals surface area contributed by atoms with Gasteiger partial charge in [0.2, 0.25) is 0 Å². The molecule has 1 fully saturated rings. The van der Waals surface area contributed by atoms with Crippen LogP contribution >= 0.6 is 37.2 Å². The highest BCUT2D eigenvalue weighted by Crippen LogP contribution is 2.13. The Labute approximate surface area is 154 Å². The van der Waals surface area contributed by atoms with Gasteiger partial charge in [-0.15, -0.1) is 37.2 Å². The molecule has 0 saturated carbocycles. The Morgan fingerprint density at radius 2 is 1.68 bits per heavy atom. The molecule has 0 unspecified atom stereocenters. The van der Waals surface area contributed by atoms with Crippen LogP contribution in [0, 0.1) is 0 Å². The number of hydrogen-bond acceptors (Lipinski definition) is 2. The molecule has 1 heterocycles. The van der Waals surface area contributed by atoms with Crippen molar-refractivity contribution in [2.45, 2.75) is 39.3 Å². The number of hydrogen-bond donors (Lipinski definition) is 1. The minimum atomic E-state index is 0. The Bertz CT molecular complexity index is 398. The molecule has 1 aliphatic rings. The zero-order chi connectivity index (χ0) is 13.5. The van der Waals surface area contributed by atoms with Gasteiger partial charge in [0, 0.05) is 19.1 Å². The van der Waals surface area contributed by atoms with Crippen LogP contribution in [0.15, 0.2) is 42.0 Å². The van der Waals surface area contributed by atoms with E-state index in [-0.39, 0.29) is 37.2 Å². The molecule has 128 valence electrons. The van der Waals surface area contributed by atoms with Gasteiger partial charge in [0.05, 0.1) is 0 Å². The van der Waals surface area contributed by atoms with E-state index in [1.165, 1.54) is 37.1 Å². The van der Waals surface area contributed by atoms with Crippen molar-refractivity contribution in [3.05, 3.63) is 47.5 Å². The van der Waals surface area contributed by atoms with Crippen LogP contribution in [0.3, 0.4) is 0 Å². The van der Waals surface area contributed by atoms with Crippen LogP contribution in [0.5, 0.6) is 0 Å². The molecule has 1 N–H and O–H groups in total. The van der Waals surface area contributed by atoms with Gasteiger partial charge in [-0.1, -0.05) is 42.0 Å². The first-order valence-electron chi connectivity index (χ1n) is 7.37. The fraction of sp³-hybridized carbons (Fsp3) is 0.529. The Kier molecular flexibility index (Phi) is 14.4. The number of piperidine rings is 1. The highest BCUT2D eigenvalue weighted by Gasteiger charge is 2.18. The summed E-state index contributed by atoms with van der Waals surface area (Å²) in [5.74, 6) is 0. The number of allylic oxidation sites excluding steroid dienone is 1. The number of nitrogens with zero attached hydrogens (tertiary/aromatic N) is 1. The fourth-order valence-electron chi connectivity index (χ4n) is 2.57. The molecule has 1 saturated heterocycles. The van der Waals surface area contributed by atoms with Crippen molar-refractivity contribution < 1.29 is 0 Å². The first kappa shape index (κ1) is 24.0. The average Bonchev–Trinajstić information content (AvgIpc) is 2.42. The van der Waals surface area contributed by atoms with Crippen molar-refractivity contribution in [2.24, 2.45) is 0 Å². The molecule has 0 spiro atoms. The summed E-state index contributed by atoms with van der Waals surface area (Å²) in [5, 5.41) is 3.63. The summed E-state index contributed by atoms with van der Waals surface area (Å²) in [6, 6.07) is 11.5. The van der Waals surface area contributed by atoms with Crippen LogP contribution in [0.25, 0.3) is 0 Å². The minimum absolute atomic E-state index is 0. The van der Waals surface area contributed by atoms with Gasteiger partial charge < -0.3 is 5.32 Å². The van der Waals surface area contributed by atoms with E-state index in [2.05, 4.69) is 60.5 Å². The van der Waals surface area contributed by atoms with E-state index in [1.807, 2.05) is 0 Å². The lowest BCUT2D eigenvalue weighted by Gasteiger charge is -2.32. The summed E-state index contributed by atoms with van der Waals surface area (Å²) < 4.78 is 0. The normalized spacial score (nSPS) is 15.0. The number of nitrogens with one attached hydrogen (secondary N) is 1. The smallest absolute Gasteiger partial charge is 0.0233 e. The van der Waals surface area contributed by atoms with Crippen LogP contribution in [0.1, 0.15) is 32.3 Å². The summed E-state index contributed by atoms with van der Waals surface area (Å²) in [4.78, 5) is 2.56. The zero-order valence-electron chi connectivity index (χ0n) is 13.5. The van der Waals surface area contributed by atoms with Gasteiger partial charge >= 0.3 is 0 Å². The molecule has 5 heteroatoms. The second-order valence-corrected chi connectivity index (χ2v) is 5.73. The maximum Gasteiger partial charge on any atom is 0.0233 e. The van der Waals surface area contributed by atoms with E-state index in [9.17, 15) is 0 Å². The second kappa shape index (κ2) is 13.2. The third-order valence-corrected chi connectivity index (χ3v) is 3.75. The molecule has 0 aromatic heterocycles. The molecule has 1 aromatic rings. The van der Waals surface area contributed by atoms with Gasteiger partial charge in [-0.2, -0.15) is 0 Å². The highest BCUT2D eigenvalue weighted by molar-refractivity contribution is 5.86. The van der Waals surface area contributed by atoms with Crippen molar-refractivity contribution in [3.8, 4) is 0 Å². The largest absolute Gasteiger partial charge is 0.310 e. The van der Waals surface area contributed by atoms with Gasteiger partial charge in [0.15, 0.2) is 0 Å². The van der Waals surface area contributed by atoms with Gasteiger partial charge in [-0.25, -0.2) is 0 Å². The average molecular weight is 368 g/mol. The van der Waals surface area contributed by atoms with Gasteiger partial charge in [0.25, 0.3) is 0 Å². The highest BCUT2D eigenvalue weighted by atomic mass is 35.5. The molecule has 1 aliphatic heterocycles. The van der Waals surface area contributed by atoms with E-state index < -0.39 is 0 Å². The third-order valence-electron chi connectivity index (χ3n) is 3.75. The molecule has 22 heavy (non-hydrogen) atoms. The third kappa shape index (κ3) is 9.02. The Morgan fingerprint density at radius 3 is 2.23 bits per heavy atom. The summed E-state index contributed by atoms with van der Waals surface area (Å²) in [7, 11) is 0. The molecule has 2 rings (SSSR count). The van der Waals surface area contributed by atoms with Crippen LogP contribution in [-0.4, -0.2) is 30.6 Å². The Hall–Kier alpha value is -0.250. The summed E-state index contributed by atoms with van der Waals surface area (Å²) in [6.45, 7) is 8.85. The topological polar surface area (TPSA) is 15.3 Å². The number of halogens is 3. The van der Waals surface area contributed by atoms with Crippen LogP contribution < -0.4 is 5.32 Å². The predicted molar refractivity (Wildman–Crippen MR) is 104 cm³/mol. The quantitative estimate of drug-likeness (QED) is 0.772. The molecule has 0 amide bonds. The summed E-state index contributed by atoms with van der Waals surface area (Å²) in [5.41, 5.74) is 2.83. The maximum absolute atomic E-state index is 3.63. The van der Waals surface area contributed by atoms with E-state index >= 15 is 0 Å². The van der Waals surface area contributed by atoms with E-state index in [0.29, 0.717) is 6.04 Å². The van der Waals surface area contributed by atoms with Crippen LogP contribution in [-0.2, 0) is 6.54 Å². The van der Waals surface area contributed by atoms with Crippen molar-refractivity contribution >= 4 is 37.2 Å². The van der Waals surface area contributed by atoms with Gasteiger partial charge in [-0.05, 0) is 45.3 Å². The molecule has 2 nitrogen and oxygen atoms in total. The molecule has 0 radical (unpaired) electrons. The first-order valence-corrected chi connectivity index (χ1v) is 7.37. The monoisotopic (exact) mass is 366 g/mol. The second-order valence-electron chi connectivity index (χ2n) is 5.73. The van der Waals surface area contributed by atoms with Gasteiger partial charge in [0.1, 0.15) is 0 Å². The van der Waals surface area contributed by atoms with Crippen molar-refractivity contribution in [3.63, 3.8) is 0 Å².